The second-order valence-electron chi connectivity index (χ2n) is 6.97. The molecule has 0 amide bonds. The van der Waals surface area contributed by atoms with Crippen molar-refractivity contribution < 1.29 is 4.63 Å². The number of pyridine rings is 1. The first-order valence-corrected chi connectivity index (χ1v) is 9.07. The Hall–Kier alpha value is -2.74. The van der Waals surface area contributed by atoms with Crippen LogP contribution in [-0.2, 0) is 6.54 Å². The molecule has 4 heterocycles. The van der Waals surface area contributed by atoms with E-state index in [2.05, 4.69) is 26.6 Å². The average molecular weight is 367 g/mol. The lowest BCUT2D eigenvalue weighted by Crippen LogP contribution is -2.50. The number of aromatic nitrogens is 3. The Labute approximate surface area is 154 Å². The Morgan fingerprint density at radius 3 is 2.96 bits per heavy atom. The van der Waals surface area contributed by atoms with Crippen molar-refractivity contribution in [1.29, 1.82) is 0 Å². The normalized spacial score (nSPS) is 21.5. The molecule has 7 nitrogen and oxygen atoms in total. The first-order chi connectivity index (χ1) is 12.7. The van der Waals surface area contributed by atoms with Gasteiger partial charge in [0.1, 0.15) is 5.52 Å². The maximum Gasteiger partial charge on any atom is 0.250 e. The summed E-state index contributed by atoms with van der Waals surface area (Å²) in [4.78, 5) is 14.3. The van der Waals surface area contributed by atoms with Gasteiger partial charge in [0.05, 0.1) is 5.69 Å². The molecule has 5 rings (SSSR count). The topological polar surface area (TPSA) is 76.2 Å². The van der Waals surface area contributed by atoms with Crippen LogP contribution in [0.3, 0.4) is 0 Å². The third-order valence-corrected chi connectivity index (χ3v) is 5.65. The number of likely N-dealkylation sites (tertiary alicyclic amines) is 1. The molecule has 0 aliphatic carbocycles. The molecule has 2 bridgehead atoms. The average Bonchev–Trinajstić information content (AvgIpc) is 3.12. The highest BCUT2D eigenvalue weighted by Gasteiger charge is 2.35. The molecule has 2 aliphatic heterocycles. The summed E-state index contributed by atoms with van der Waals surface area (Å²) in [5.74, 6) is 0.742. The second-order valence-corrected chi connectivity index (χ2v) is 7.36. The van der Waals surface area contributed by atoms with Gasteiger partial charge in [-0.05, 0) is 53.1 Å². The van der Waals surface area contributed by atoms with Crippen molar-refractivity contribution in [2.45, 2.75) is 18.9 Å². The van der Waals surface area contributed by atoms with Crippen molar-refractivity contribution in [3.8, 4) is 0 Å². The summed E-state index contributed by atoms with van der Waals surface area (Å²) < 4.78 is 6.74. The number of nitrogens with one attached hydrogen (secondary N) is 1. The van der Waals surface area contributed by atoms with Gasteiger partial charge in [-0.1, -0.05) is 12.1 Å². The minimum atomic E-state index is 0.0940. The largest absolute Gasteiger partial charge is 0.348 e. The lowest BCUT2D eigenvalue weighted by Gasteiger charge is -2.43. The monoisotopic (exact) mass is 367 g/mol. The number of benzene rings is 1. The number of rotatable bonds is 1. The number of thiocarbonyl (C=S) groups is 1. The van der Waals surface area contributed by atoms with Gasteiger partial charge in [0, 0.05) is 37.3 Å². The molecule has 132 valence electrons. The first kappa shape index (κ1) is 15.5. The summed E-state index contributed by atoms with van der Waals surface area (Å²) in [7, 11) is 0. The molecule has 3 aromatic rings. The number of piperidine rings is 1. The van der Waals surface area contributed by atoms with E-state index in [1.807, 2.05) is 28.8 Å². The molecule has 26 heavy (non-hydrogen) atoms. The van der Waals surface area contributed by atoms with Gasteiger partial charge < -0.3 is 14.8 Å². The molecule has 0 radical (unpaired) electrons. The Morgan fingerprint density at radius 2 is 2.04 bits per heavy atom. The van der Waals surface area contributed by atoms with Gasteiger partial charge in [0.2, 0.25) is 0 Å². The van der Waals surface area contributed by atoms with Crippen LogP contribution in [0, 0.1) is 5.92 Å². The van der Waals surface area contributed by atoms with E-state index in [4.69, 9.17) is 16.8 Å². The highest BCUT2D eigenvalue weighted by molar-refractivity contribution is 7.80. The lowest BCUT2D eigenvalue weighted by atomic mass is 9.83. The lowest BCUT2D eigenvalue weighted by molar-refractivity contribution is 0.180. The summed E-state index contributed by atoms with van der Waals surface area (Å²) in [5, 5.41) is 11.8. The Kier molecular flexibility index (Phi) is 3.53. The van der Waals surface area contributed by atoms with Crippen LogP contribution < -0.4 is 10.9 Å². The zero-order valence-corrected chi connectivity index (χ0v) is 14.8. The van der Waals surface area contributed by atoms with Crippen molar-refractivity contribution in [2.24, 2.45) is 5.92 Å². The minimum absolute atomic E-state index is 0.0940. The highest BCUT2D eigenvalue weighted by Crippen LogP contribution is 2.35. The van der Waals surface area contributed by atoms with Gasteiger partial charge in [-0.2, -0.15) is 0 Å². The highest BCUT2D eigenvalue weighted by atomic mass is 32.1. The second kappa shape index (κ2) is 5.91. The molecule has 0 unspecified atom stereocenters. The van der Waals surface area contributed by atoms with Crippen molar-refractivity contribution in [1.82, 2.24) is 19.8 Å². The van der Waals surface area contributed by atoms with Crippen molar-refractivity contribution in [2.75, 3.05) is 18.4 Å². The molecular formula is C18H17N5O2S. The van der Waals surface area contributed by atoms with Crippen LogP contribution in [0.2, 0.25) is 0 Å². The predicted octanol–water partition coefficient (Wildman–Crippen LogP) is 2.20. The van der Waals surface area contributed by atoms with Crippen LogP contribution in [0.15, 0.2) is 45.8 Å². The molecule has 2 aliphatic rings. The molecule has 0 saturated carbocycles. The molecule has 1 fully saturated rings. The summed E-state index contributed by atoms with van der Waals surface area (Å²) in [6.45, 7) is 2.41. The molecule has 1 aromatic carbocycles. The fraction of sp³-hybridized carbons (Fsp3) is 0.333. The van der Waals surface area contributed by atoms with E-state index in [9.17, 15) is 4.79 Å². The van der Waals surface area contributed by atoms with Gasteiger partial charge in [0.15, 0.2) is 10.6 Å². The zero-order chi connectivity index (χ0) is 17.7. The standard InChI is InChI=1S/C18H17N5O2S/c24-16-6-2-5-15-12-7-11(9-23(15)16)8-22(10-12)18(26)19-13-3-1-4-14-17(13)21-25-20-14/h1-6,11-12H,7-10H2,(H,19,26)/t11-,12-/m1/s1. The quantitative estimate of drug-likeness (QED) is 0.661. The van der Waals surface area contributed by atoms with Crippen LogP contribution in [0.25, 0.3) is 11.0 Å². The molecule has 2 atom stereocenters. The summed E-state index contributed by atoms with van der Waals surface area (Å²) in [6.07, 6.45) is 1.10. The summed E-state index contributed by atoms with van der Waals surface area (Å²) in [5.41, 5.74) is 3.37. The van der Waals surface area contributed by atoms with Gasteiger partial charge in [-0.25, -0.2) is 4.63 Å². The maximum absolute atomic E-state index is 12.1. The van der Waals surface area contributed by atoms with Gasteiger partial charge >= 0.3 is 0 Å². The Morgan fingerprint density at radius 1 is 1.15 bits per heavy atom. The molecule has 1 N–H and O–H groups in total. The molecule has 2 aromatic heterocycles. The Bertz CT molecular complexity index is 1060. The smallest absolute Gasteiger partial charge is 0.250 e. The summed E-state index contributed by atoms with van der Waals surface area (Å²) in [6, 6.07) is 11.2. The fourth-order valence-corrected chi connectivity index (χ4v) is 4.42. The Balaban J connectivity index is 1.40. The van der Waals surface area contributed by atoms with E-state index in [1.54, 1.807) is 6.07 Å². The zero-order valence-electron chi connectivity index (χ0n) is 14.0. The molecule has 1 saturated heterocycles. The van der Waals surface area contributed by atoms with Crippen LogP contribution in [0.5, 0.6) is 0 Å². The van der Waals surface area contributed by atoms with Crippen molar-refractivity contribution in [3.05, 3.63) is 52.4 Å². The van der Waals surface area contributed by atoms with Gasteiger partial charge in [0.25, 0.3) is 5.56 Å². The van der Waals surface area contributed by atoms with Crippen LogP contribution >= 0.6 is 12.2 Å². The first-order valence-electron chi connectivity index (χ1n) is 8.66. The third kappa shape index (κ3) is 2.48. The van der Waals surface area contributed by atoms with E-state index in [0.717, 1.165) is 37.4 Å². The summed E-state index contributed by atoms with van der Waals surface area (Å²) >= 11 is 5.66. The predicted molar refractivity (Wildman–Crippen MR) is 101 cm³/mol. The van der Waals surface area contributed by atoms with E-state index < -0.39 is 0 Å². The number of nitrogens with zero attached hydrogens (tertiary/aromatic N) is 4. The minimum Gasteiger partial charge on any atom is -0.348 e. The fourth-order valence-electron chi connectivity index (χ4n) is 4.16. The SMILES string of the molecule is O=c1cccc2n1C[C@@H]1C[C@@H]2CN(C(=S)Nc2cccc3nonc23)C1. The van der Waals surface area contributed by atoms with Gasteiger partial charge in [-0.3, -0.25) is 4.79 Å². The van der Waals surface area contributed by atoms with Crippen molar-refractivity contribution in [3.63, 3.8) is 0 Å². The van der Waals surface area contributed by atoms with E-state index >= 15 is 0 Å². The number of anilines is 1. The van der Waals surface area contributed by atoms with Crippen molar-refractivity contribution >= 4 is 34.1 Å². The molecule has 8 heteroatoms. The van der Waals surface area contributed by atoms with E-state index in [1.165, 1.54) is 0 Å². The van der Waals surface area contributed by atoms with E-state index in [-0.39, 0.29) is 5.56 Å². The maximum atomic E-state index is 12.1. The number of hydrogen-bond acceptors (Lipinski definition) is 5. The molecular weight excluding hydrogens is 350 g/mol. The third-order valence-electron chi connectivity index (χ3n) is 5.29. The van der Waals surface area contributed by atoms with Gasteiger partial charge in [-0.15, -0.1) is 0 Å². The number of hydrogen-bond donors (Lipinski definition) is 1. The molecule has 0 spiro atoms. The number of fused-ring (bicyclic) bond motifs is 5. The van der Waals surface area contributed by atoms with E-state index in [0.29, 0.717) is 28.0 Å². The van der Waals surface area contributed by atoms with Crippen LogP contribution in [-0.4, -0.2) is 38.0 Å². The van der Waals surface area contributed by atoms with Crippen LogP contribution in [0.4, 0.5) is 5.69 Å². The van der Waals surface area contributed by atoms with Crippen LogP contribution in [0.1, 0.15) is 18.0 Å².